The van der Waals surface area contributed by atoms with Gasteiger partial charge in [0.05, 0.1) is 0 Å². The zero-order valence-corrected chi connectivity index (χ0v) is 12.4. The van der Waals surface area contributed by atoms with Gasteiger partial charge in [0.1, 0.15) is 5.75 Å². The molecule has 0 unspecified atom stereocenters. The summed E-state index contributed by atoms with van der Waals surface area (Å²) in [6.07, 6.45) is 0. The third-order valence-corrected chi connectivity index (χ3v) is 3.55. The van der Waals surface area contributed by atoms with Crippen LogP contribution in [0.25, 0.3) is 0 Å². The Labute approximate surface area is 130 Å². The van der Waals surface area contributed by atoms with E-state index in [0.29, 0.717) is 0 Å². The third kappa shape index (κ3) is 3.20. The largest absolute Gasteiger partial charge is 0.508 e. The molecule has 0 saturated heterocycles. The number of rotatable bonds is 4. The predicted molar refractivity (Wildman–Crippen MR) is 92.3 cm³/mol. The summed E-state index contributed by atoms with van der Waals surface area (Å²) >= 11 is 0. The Balaban J connectivity index is 1.75. The molecule has 0 aliphatic rings. The average molecular weight is 290 g/mol. The molecule has 0 radical (unpaired) electrons. The lowest BCUT2D eigenvalue weighted by Gasteiger charge is -2.20. The number of nitrogens with one attached hydrogen (secondary N) is 1. The monoisotopic (exact) mass is 290 g/mol. The van der Waals surface area contributed by atoms with Crippen LogP contribution in [0.15, 0.2) is 78.9 Å². The van der Waals surface area contributed by atoms with E-state index in [4.69, 9.17) is 0 Å². The van der Waals surface area contributed by atoms with Crippen molar-refractivity contribution >= 4 is 22.7 Å². The fourth-order valence-electron chi connectivity index (χ4n) is 2.28. The van der Waals surface area contributed by atoms with Crippen molar-refractivity contribution in [3.05, 3.63) is 78.9 Å². The summed E-state index contributed by atoms with van der Waals surface area (Å²) in [5.41, 5.74) is 4.24. The maximum Gasteiger partial charge on any atom is 0.115 e. The highest BCUT2D eigenvalue weighted by molar-refractivity contribution is 5.67. The molecule has 3 nitrogen and oxygen atoms in total. The van der Waals surface area contributed by atoms with Gasteiger partial charge in [0, 0.05) is 29.8 Å². The third-order valence-electron chi connectivity index (χ3n) is 3.55. The van der Waals surface area contributed by atoms with E-state index in [2.05, 4.69) is 34.5 Å². The molecule has 0 fully saturated rings. The van der Waals surface area contributed by atoms with Crippen LogP contribution in [0.1, 0.15) is 0 Å². The summed E-state index contributed by atoms with van der Waals surface area (Å²) in [6.45, 7) is 0. The molecule has 0 saturated carbocycles. The van der Waals surface area contributed by atoms with Crippen LogP contribution in [0.3, 0.4) is 0 Å². The van der Waals surface area contributed by atoms with E-state index in [1.807, 2.05) is 49.5 Å². The average Bonchev–Trinajstić information content (AvgIpc) is 2.57. The molecule has 110 valence electrons. The Morgan fingerprint density at radius 3 is 1.77 bits per heavy atom. The summed E-state index contributed by atoms with van der Waals surface area (Å²) in [6, 6.07) is 25.5. The van der Waals surface area contributed by atoms with Crippen LogP contribution in [-0.2, 0) is 0 Å². The Hall–Kier alpha value is -2.94. The summed E-state index contributed by atoms with van der Waals surface area (Å²) in [5, 5.41) is 12.7. The van der Waals surface area contributed by atoms with E-state index >= 15 is 0 Å². The molecule has 0 amide bonds. The topological polar surface area (TPSA) is 35.5 Å². The van der Waals surface area contributed by atoms with Crippen LogP contribution in [0, 0.1) is 0 Å². The molecule has 0 aromatic heterocycles. The van der Waals surface area contributed by atoms with Gasteiger partial charge in [-0.05, 0) is 60.7 Å². The maximum absolute atomic E-state index is 9.36. The van der Waals surface area contributed by atoms with Gasteiger partial charge >= 0.3 is 0 Å². The zero-order chi connectivity index (χ0) is 15.4. The lowest BCUT2D eigenvalue weighted by Crippen LogP contribution is -2.08. The van der Waals surface area contributed by atoms with Gasteiger partial charge in [-0.15, -0.1) is 0 Å². The Bertz CT molecular complexity index is 722. The smallest absolute Gasteiger partial charge is 0.115 e. The Kier molecular flexibility index (Phi) is 3.97. The number of nitrogens with zero attached hydrogens (tertiary/aromatic N) is 1. The fourth-order valence-corrected chi connectivity index (χ4v) is 2.28. The summed E-state index contributed by atoms with van der Waals surface area (Å²) in [7, 11) is 2.01. The molecule has 2 N–H and O–H groups in total. The molecule has 3 heteroatoms. The van der Waals surface area contributed by atoms with Crippen molar-refractivity contribution < 1.29 is 5.11 Å². The van der Waals surface area contributed by atoms with E-state index < -0.39 is 0 Å². The first-order valence-electron chi connectivity index (χ1n) is 7.17. The van der Waals surface area contributed by atoms with Gasteiger partial charge in [0.15, 0.2) is 0 Å². The number of anilines is 4. The first-order chi connectivity index (χ1) is 10.7. The van der Waals surface area contributed by atoms with Gasteiger partial charge in [0.25, 0.3) is 0 Å². The summed E-state index contributed by atoms with van der Waals surface area (Å²) < 4.78 is 0. The first kappa shape index (κ1) is 14.0. The standard InChI is InChI=1S/C19H18N2O/c1-21(18-11-13-19(22)14-12-18)17-9-7-16(8-10-17)20-15-5-3-2-4-6-15/h2-14,20,22H,1H3. The minimum Gasteiger partial charge on any atom is -0.508 e. The molecule has 22 heavy (non-hydrogen) atoms. The lowest BCUT2D eigenvalue weighted by molar-refractivity contribution is 0.475. The van der Waals surface area contributed by atoms with Crippen molar-refractivity contribution in [2.45, 2.75) is 0 Å². The van der Waals surface area contributed by atoms with Crippen molar-refractivity contribution in [1.29, 1.82) is 0 Å². The van der Waals surface area contributed by atoms with Crippen LogP contribution in [0.4, 0.5) is 22.7 Å². The summed E-state index contributed by atoms with van der Waals surface area (Å²) in [4.78, 5) is 2.08. The van der Waals surface area contributed by atoms with Gasteiger partial charge in [-0.3, -0.25) is 0 Å². The van der Waals surface area contributed by atoms with E-state index in [0.717, 1.165) is 22.7 Å². The fraction of sp³-hybridized carbons (Fsp3) is 0.0526. The Morgan fingerprint density at radius 2 is 1.18 bits per heavy atom. The number of para-hydroxylation sites is 1. The van der Waals surface area contributed by atoms with Gasteiger partial charge in [-0.2, -0.15) is 0 Å². The van der Waals surface area contributed by atoms with Gasteiger partial charge in [-0.25, -0.2) is 0 Å². The summed E-state index contributed by atoms with van der Waals surface area (Å²) in [5.74, 6) is 0.277. The number of hydrogen-bond acceptors (Lipinski definition) is 3. The van der Waals surface area contributed by atoms with Gasteiger partial charge in [-0.1, -0.05) is 18.2 Å². The second-order valence-electron chi connectivity index (χ2n) is 5.11. The quantitative estimate of drug-likeness (QED) is 0.717. The highest BCUT2D eigenvalue weighted by Crippen LogP contribution is 2.27. The highest BCUT2D eigenvalue weighted by Gasteiger charge is 2.04. The van der Waals surface area contributed by atoms with Gasteiger partial charge in [0.2, 0.25) is 0 Å². The Morgan fingerprint density at radius 1 is 0.682 bits per heavy atom. The number of aromatic hydroxyl groups is 1. The SMILES string of the molecule is CN(c1ccc(O)cc1)c1ccc(Nc2ccccc2)cc1. The molecular weight excluding hydrogens is 272 g/mol. The van der Waals surface area contributed by atoms with Crippen LogP contribution in [-0.4, -0.2) is 12.2 Å². The normalized spacial score (nSPS) is 10.2. The number of hydrogen-bond donors (Lipinski definition) is 2. The van der Waals surface area contributed by atoms with E-state index in [1.165, 1.54) is 0 Å². The molecule has 0 heterocycles. The number of phenolic OH excluding ortho intramolecular Hbond substituents is 1. The molecule has 0 aliphatic heterocycles. The zero-order valence-electron chi connectivity index (χ0n) is 12.4. The van der Waals surface area contributed by atoms with E-state index in [1.54, 1.807) is 12.1 Å². The van der Waals surface area contributed by atoms with Crippen LogP contribution in [0.5, 0.6) is 5.75 Å². The molecule has 3 aromatic carbocycles. The van der Waals surface area contributed by atoms with E-state index in [9.17, 15) is 5.11 Å². The number of benzene rings is 3. The van der Waals surface area contributed by atoms with Gasteiger partial charge < -0.3 is 15.3 Å². The van der Waals surface area contributed by atoms with Crippen LogP contribution < -0.4 is 10.2 Å². The minimum atomic E-state index is 0.277. The minimum absolute atomic E-state index is 0.277. The molecular formula is C19H18N2O. The molecule has 0 aliphatic carbocycles. The first-order valence-corrected chi connectivity index (χ1v) is 7.17. The molecule has 0 bridgehead atoms. The molecule has 3 aromatic rings. The van der Waals surface area contributed by atoms with Crippen molar-refractivity contribution in [1.82, 2.24) is 0 Å². The highest BCUT2D eigenvalue weighted by atomic mass is 16.3. The predicted octanol–water partition coefficient (Wildman–Crippen LogP) is 4.90. The van der Waals surface area contributed by atoms with Crippen molar-refractivity contribution in [3.8, 4) is 5.75 Å². The molecule has 3 rings (SSSR count). The van der Waals surface area contributed by atoms with E-state index in [-0.39, 0.29) is 5.75 Å². The van der Waals surface area contributed by atoms with Crippen LogP contribution >= 0.6 is 0 Å². The molecule has 0 spiro atoms. The molecule has 0 atom stereocenters. The number of phenols is 1. The second-order valence-corrected chi connectivity index (χ2v) is 5.11. The maximum atomic E-state index is 9.36. The second kappa shape index (κ2) is 6.22. The lowest BCUT2D eigenvalue weighted by atomic mass is 10.2. The van der Waals surface area contributed by atoms with Crippen LogP contribution in [0.2, 0.25) is 0 Å². The van der Waals surface area contributed by atoms with Crippen molar-refractivity contribution in [3.63, 3.8) is 0 Å². The van der Waals surface area contributed by atoms with Crippen molar-refractivity contribution in [2.24, 2.45) is 0 Å². The van der Waals surface area contributed by atoms with Crippen molar-refractivity contribution in [2.75, 3.05) is 17.3 Å².